The molecular formula is C25H27F2N7O3. The van der Waals surface area contributed by atoms with Gasteiger partial charge in [0, 0.05) is 37.7 Å². The van der Waals surface area contributed by atoms with Gasteiger partial charge in [0.05, 0.1) is 29.2 Å². The predicted molar refractivity (Wildman–Crippen MR) is 133 cm³/mol. The second kappa shape index (κ2) is 9.38. The Hall–Kier alpha value is -4.14. The fourth-order valence-corrected chi connectivity index (χ4v) is 5.14. The van der Waals surface area contributed by atoms with Gasteiger partial charge in [-0.2, -0.15) is 5.26 Å². The topological polar surface area (TPSA) is 117 Å². The van der Waals surface area contributed by atoms with E-state index in [0.29, 0.717) is 35.6 Å². The van der Waals surface area contributed by atoms with E-state index >= 15 is 0 Å². The van der Waals surface area contributed by atoms with Crippen LogP contribution in [0.2, 0.25) is 0 Å². The number of ether oxygens (including phenoxy) is 1. The minimum Gasteiger partial charge on any atom is -0.447 e. The van der Waals surface area contributed by atoms with Gasteiger partial charge in [0.15, 0.2) is 11.6 Å². The maximum absolute atomic E-state index is 15.0. The molecule has 4 atom stereocenters. The molecule has 2 aromatic heterocycles. The molecule has 194 valence electrons. The highest BCUT2D eigenvalue weighted by Gasteiger charge is 2.34. The molecule has 2 saturated heterocycles. The quantitative estimate of drug-likeness (QED) is 0.541. The summed E-state index contributed by atoms with van der Waals surface area (Å²) in [7, 11) is 1.65. The highest BCUT2D eigenvalue weighted by molar-refractivity contribution is 5.81. The molecule has 0 bridgehead atoms. The van der Waals surface area contributed by atoms with E-state index in [4.69, 9.17) is 4.74 Å². The van der Waals surface area contributed by atoms with Gasteiger partial charge in [-0.3, -0.25) is 9.13 Å². The van der Waals surface area contributed by atoms with Crippen LogP contribution in [0.3, 0.4) is 0 Å². The van der Waals surface area contributed by atoms with Crippen LogP contribution in [0.15, 0.2) is 29.1 Å². The third-order valence-electron chi connectivity index (χ3n) is 7.03. The van der Waals surface area contributed by atoms with Crippen molar-refractivity contribution in [3.8, 4) is 6.07 Å². The number of alkyl halides is 1. The van der Waals surface area contributed by atoms with E-state index < -0.39 is 18.1 Å². The lowest BCUT2D eigenvalue weighted by Crippen LogP contribution is -2.46. The highest BCUT2D eigenvalue weighted by Crippen LogP contribution is 2.32. The van der Waals surface area contributed by atoms with E-state index in [0.717, 1.165) is 6.07 Å². The van der Waals surface area contributed by atoms with Crippen LogP contribution in [0.25, 0.3) is 11.0 Å². The van der Waals surface area contributed by atoms with Crippen LogP contribution in [0.5, 0.6) is 0 Å². The van der Waals surface area contributed by atoms with Gasteiger partial charge in [0.2, 0.25) is 0 Å². The summed E-state index contributed by atoms with van der Waals surface area (Å²) in [4.78, 5) is 30.5. The van der Waals surface area contributed by atoms with Crippen molar-refractivity contribution in [1.29, 1.82) is 5.26 Å². The van der Waals surface area contributed by atoms with Gasteiger partial charge in [-0.25, -0.2) is 23.4 Å². The van der Waals surface area contributed by atoms with Crippen LogP contribution in [0.1, 0.15) is 19.4 Å². The number of aryl methyl sites for hydroxylation is 1. The Labute approximate surface area is 211 Å². The number of imidazole rings is 1. The minimum atomic E-state index is -0.959. The molecule has 12 heteroatoms. The van der Waals surface area contributed by atoms with E-state index in [1.54, 1.807) is 39.1 Å². The number of nitrogens with one attached hydrogen (secondary N) is 2. The lowest BCUT2D eigenvalue weighted by Gasteiger charge is -2.38. The predicted octanol–water partition coefficient (Wildman–Crippen LogP) is 3.03. The first-order valence-corrected chi connectivity index (χ1v) is 12.1. The summed E-state index contributed by atoms with van der Waals surface area (Å²) in [6.45, 7) is 4.70. The Bertz CT molecular complexity index is 1470. The molecule has 3 aromatic rings. The molecule has 0 saturated carbocycles. The van der Waals surface area contributed by atoms with E-state index in [1.807, 2.05) is 11.0 Å². The van der Waals surface area contributed by atoms with Crippen LogP contribution >= 0.6 is 0 Å². The molecule has 1 aromatic carbocycles. The monoisotopic (exact) mass is 511 g/mol. The number of cyclic esters (lactones) is 1. The number of piperidine rings is 1. The summed E-state index contributed by atoms with van der Waals surface area (Å²) in [5, 5.41) is 15.2. The average Bonchev–Trinajstić information content (AvgIpc) is 3.39. The third-order valence-corrected chi connectivity index (χ3v) is 7.03. The molecule has 2 fully saturated rings. The van der Waals surface area contributed by atoms with Crippen molar-refractivity contribution in [1.82, 2.24) is 19.4 Å². The zero-order valence-electron chi connectivity index (χ0n) is 20.7. The number of hydrogen-bond acceptors (Lipinski definition) is 7. The van der Waals surface area contributed by atoms with Crippen molar-refractivity contribution in [3.05, 3.63) is 46.1 Å². The van der Waals surface area contributed by atoms with E-state index in [-0.39, 0.29) is 48.1 Å². The molecule has 2 aliphatic heterocycles. The number of halogens is 2. The van der Waals surface area contributed by atoms with Gasteiger partial charge < -0.3 is 20.3 Å². The summed E-state index contributed by atoms with van der Waals surface area (Å²) in [6, 6.07) is 7.90. The third kappa shape index (κ3) is 4.45. The van der Waals surface area contributed by atoms with E-state index in [1.165, 1.54) is 9.13 Å². The minimum absolute atomic E-state index is 0.0768. The summed E-state index contributed by atoms with van der Waals surface area (Å²) in [5.74, 6) is -1.02. The van der Waals surface area contributed by atoms with Gasteiger partial charge >= 0.3 is 11.8 Å². The van der Waals surface area contributed by atoms with Crippen molar-refractivity contribution in [2.75, 3.05) is 29.9 Å². The largest absolute Gasteiger partial charge is 0.447 e. The fourth-order valence-electron chi connectivity index (χ4n) is 5.14. The van der Waals surface area contributed by atoms with Crippen molar-refractivity contribution >= 4 is 34.4 Å². The molecule has 0 radical (unpaired) electrons. The van der Waals surface area contributed by atoms with Crippen molar-refractivity contribution in [3.63, 3.8) is 0 Å². The van der Waals surface area contributed by atoms with Crippen LogP contribution in [0.4, 0.5) is 30.9 Å². The van der Waals surface area contributed by atoms with Gasteiger partial charge in [-0.1, -0.05) is 13.8 Å². The molecule has 1 amide bonds. The Morgan fingerprint density at radius 2 is 1.95 bits per heavy atom. The number of rotatable bonds is 5. The number of aromatic nitrogens is 3. The van der Waals surface area contributed by atoms with Crippen LogP contribution in [-0.2, 0) is 18.3 Å². The number of carbonyl (C=O) groups excluding carboxylic acids is 1. The molecule has 2 N–H and O–H groups in total. The number of pyridine rings is 1. The molecule has 0 aliphatic carbocycles. The van der Waals surface area contributed by atoms with Gasteiger partial charge in [-0.05, 0) is 24.3 Å². The van der Waals surface area contributed by atoms with Gasteiger partial charge in [0.1, 0.15) is 24.7 Å². The second-order valence-electron chi connectivity index (χ2n) is 9.83. The van der Waals surface area contributed by atoms with E-state index in [2.05, 4.69) is 15.6 Å². The molecular weight excluding hydrogens is 484 g/mol. The number of alkyl carbamates (subject to hydrolysis) is 1. The van der Waals surface area contributed by atoms with Gasteiger partial charge in [0.25, 0.3) is 0 Å². The number of benzene rings is 1. The maximum atomic E-state index is 15.0. The smallest absolute Gasteiger partial charge is 0.407 e. The Kier molecular flexibility index (Phi) is 6.23. The van der Waals surface area contributed by atoms with Gasteiger partial charge in [-0.15, -0.1) is 0 Å². The highest BCUT2D eigenvalue weighted by atomic mass is 19.1. The molecule has 0 spiro atoms. The number of anilines is 3. The molecule has 4 heterocycles. The molecule has 2 aliphatic rings. The standard InChI is InChI=1S/C25H27F2N7O3/c1-13-9-33(10-14(2)21(13)27)23-15(8-28)6-18(26)22(31-23)29-16-4-5-19-20(7-16)34(25(36)32(19)3)11-17-12-37-24(35)30-17/h4-7,13-14,17,21H,9-12H2,1-3H3,(H,29,31)(H,30,35)/t13-,14+,17-,21?/m0/s1. The van der Waals surface area contributed by atoms with Crippen molar-refractivity contribution < 1.29 is 18.3 Å². The Balaban J connectivity index is 1.48. The fraction of sp³-hybridized carbons (Fsp3) is 0.440. The molecule has 1 unspecified atom stereocenters. The molecule has 37 heavy (non-hydrogen) atoms. The first-order valence-electron chi connectivity index (χ1n) is 12.1. The van der Waals surface area contributed by atoms with E-state index in [9.17, 15) is 23.6 Å². The summed E-state index contributed by atoms with van der Waals surface area (Å²) >= 11 is 0. The zero-order chi connectivity index (χ0) is 26.4. The summed E-state index contributed by atoms with van der Waals surface area (Å²) in [6.07, 6.45) is -1.49. The molecule has 10 nitrogen and oxygen atoms in total. The molecule has 5 rings (SSSR count). The maximum Gasteiger partial charge on any atom is 0.407 e. The van der Waals surface area contributed by atoms with Crippen LogP contribution < -0.4 is 21.2 Å². The average molecular weight is 512 g/mol. The number of nitrogens with zero attached hydrogens (tertiary/aromatic N) is 5. The zero-order valence-corrected chi connectivity index (χ0v) is 20.7. The first kappa shape index (κ1) is 24.5. The summed E-state index contributed by atoms with van der Waals surface area (Å²) < 4.78 is 37.3. The SMILES string of the molecule is C[C@@H]1CN(c2nc(Nc3ccc4c(c3)n(C[C@H]3COC(=O)N3)c(=O)n4C)c(F)cc2C#N)C[C@H](C)C1F. The van der Waals surface area contributed by atoms with Crippen molar-refractivity contribution in [2.24, 2.45) is 18.9 Å². The number of hydrogen-bond donors (Lipinski definition) is 2. The Morgan fingerprint density at radius 3 is 2.59 bits per heavy atom. The number of carbonyl (C=O) groups is 1. The number of fused-ring (bicyclic) bond motifs is 1. The lowest BCUT2D eigenvalue weighted by molar-refractivity contribution is 0.148. The van der Waals surface area contributed by atoms with Crippen LogP contribution in [-0.4, -0.2) is 52.1 Å². The van der Waals surface area contributed by atoms with Crippen LogP contribution in [0, 0.1) is 29.0 Å². The summed E-state index contributed by atoms with van der Waals surface area (Å²) in [5.41, 5.74) is 1.53. The normalized spacial score (nSPS) is 23.6. The number of nitriles is 1. The van der Waals surface area contributed by atoms with Crippen molar-refractivity contribution in [2.45, 2.75) is 32.6 Å². The second-order valence-corrected chi connectivity index (χ2v) is 9.83. The first-order chi connectivity index (χ1) is 17.7. The number of amides is 1. The lowest BCUT2D eigenvalue weighted by atomic mass is 9.89. The Morgan fingerprint density at radius 1 is 1.22 bits per heavy atom.